The first kappa shape index (κ1) is 22.1. The number of nitrogens with one attached hydrogen (secondary N) is 1. The second-order valence-corrected chi connectivity index (χ2v) is 10.4. The van der Waals surface area contributed by atoms with Gasteiger partial charge in [-0.2, -0.15) is 0 Å². The van der Waals surface area contributed by atoms with Crippen LogP contribution in [0.2, 0.25) is 0 Å². The molecule has 0 fully saturated rings. The normalized spacial score (nSPS) is 14.3. The number of aromatic amines is 1. The fourth-order valence-corrected chi connectivity index (χ4v) is 5.73. The van der Waals surface area contributed by atoms with E-state index in [2.05, 4.69) is 4.98 Å². The van der Waals surface area contributed by atoms with E-state index >= 15 is 0 Å². The summed E-state index contributed by atoms with van der Waals surface area (Å²) in [6, 6.07) is 19.8. The number of carbonyl (C=O) groups is 1. The van der Waals surface area contributed by atoms with E-state index in [1.807, 2.05) is 12.3 Å². The molecule has 5 nitrogen and oxygen atoms in total. The highest BCUT2D eigenvalue weighted by Gasteiger charge is 2.22. The molecule has 3 aromatic carbocycles. The molecule has 0 saturated carbocycles. The predicted molar refractivity (Wildman–Crippen MR) is 131 cm³/mol. The number of aromatic nitrogens is 1. The van der Waals surface area contributed by atoms with Crippen molar-refractivity contribution in [2.75, 3.05) is 13.1 Å². The molecule has 2 heterocycles. The molecular formula is C27H23FN2O3S. The van der Waals surface area contributed by atoms with Gasteiger partial charge in [-0.3, -0.25) is 4.79 Å². The van der Waals surface area contributed by atoms with Crippen LogP contribution in [0, 0.1) is 5.82 Å². The Morgan fingerprint density at radius 3 is 2.59 bits per heavy atom. The molecule has 0 aliphatic carbocycles. The van der Waals surface area contributed by atoms with Crippen LogP contribution in [0.15, 0.2) is 90.0 Å². The number of nitrogens with zero attached hydrogens (tertiary/aromatic N) is 1. The van der Waals surface area contributed by atoms with Gasteiger partial charge in [0.1, 0.15) is 5.82 Å². The number of benzene rings is 3. The predicted octanol–water partition coefficient (Wildman–Crippen LogP) is 5.21. The lowest BCUT2D eigenvalue weighted by atomic mass is 9.98. The van der Waals surface area contributed by atoms with Gasteiger partial charge in [0.2, 0.25) is 0 Å². The fraction of sp³-hybridized carbons (Fsp3) is 0.148. The van der Waals surface area contributed by atoms with Crippen molar-refractivity contribution < 1.29 is 17.6 Å². The zero-order valence-electron chi connectivity index (χ0n) is 18.4. The summed E-state index contributed by atoms with van der Waals surface area (Å²) in [5, 5.41) is 0.958. The van der Waals surface area contributed by atoms with E-state index in [4.69, 9.17) is 0 Å². The highest BCUT2D eigenvalue weighted by atomic mass is 32.2. The molecule has 0 atom stereocenters. The van der Waals surface area contributed by atoms with E-state index in [1.165, 1.54) is 12.1 Å². The lowest BCUT2D eigenvalue weighted by Crippen LogP contribution is -2.34. The van der Waals surface area contributed by atoms with Crippen LogP contribution in [0.5, 0.6) is 0 Å². The summed E-state index contributed by atoms with van der Waals surface area (Å²) >= 11 is 0. The summed E-state index contributed by atoms with van der Waals surface area (Å²) in [6.45, 7) is 1.000. The molecule has 5 rings (SSSR count). The zero-order chi connectivity index (χ0) is 23.7. The monoisotopic (exact) mass is 474 g/mol. The lowest BCUT2D eigenvalue weighted by molar-refractivity contribution is 0.0772. The van der Waals surface area contributed by atoms with E-state index < -0.39 is 9.84 Å². The summed E-state index contributed by atoms with van der Waals surface area (Å²) in [5.74, 6) is -0.576. The second-order valence-electron chi connectivity index (χ2n) is 8.40. The number of H-pyrrole nitrogens is 1. The van der Waals surface area contributed by atoms with E-state index in [9.17, 15) is 17.6 Å². The number of rotatable bonds is 5. The lowest BCUT2D eigenvalue weighted by Gasteiger charge is -2.26. The third-order valence-electron chi connectivity index (χ3n) is 6.12. The van der Waals surface area contributed by atoms with E-state index in [0.717, 1.165) is 22.0 Å². The fourth-order valence-electron chi connectivity index (χ4n) is 4.37. The first-order valence-electron chi connectivity index (χ1n) is 11.0. The first-order chi connectivity index (χ1) is 16.4. The van der Waals surface area contributed by atoms with Crippen molar-refractivity contribution in [3.63, 3.8) is 0 Å². The minimum absolute atomic E-state index is 0.129. The Morgan fingerprint density at radius 2 is 1.82 bits per heavy atom. The van der Waals surface area contributed by atoms with E-state index in [1.54, 1.807) is 65.6 Å². The van der Waals surface area contributed by atoms with Crippen LogP contribution in [-0.2, 0) is 15.6 Å². The van der Waals surface area contributed by atoms with Crippen molar-refractivity contribution >= 4 is 32.2 Å². The number of sulfone groups is 1. The van der Waals surface area contributed by atoms with Gasteiger partial charge in [0, 0.05) is 41.3 Å². The molecule has 7 heteroatoms. The van der Waals surface area contributed by atoms with Gasteiger partial charge in [-0.15, -0.1) is 0 Å². The molecule has 1 aliphatic rings. The summed E-state index contributed by atoms with van der Waals surface area (Å²) in [4.78, 5) is 18.3. The van der Waals surface area contributed by atoms with Gasteiger partial charge in [-0.05, 0) is 60.0 Å². The largest absolute Gasteiger partial charge is 0.360 e. The number of hydrogen-bond donors (Lipinski definition) is 1. The van der Waals surface area contributed by atoms with Crippen LogP contribution in [0.1, 0.15) is 27.9 Å². The highest BCUT2D eigenvalue weighted by Crippen LogP contribution is 2.30. The summed E-state index contributed by atoms with van der Waals surface area (Å²) in [6.07, 6.45) is 4.58. The minimum atomic E-state index is -3.49. The van der Waals surface area contributed by atoms with Gasteiger partial charge in [-0.25, -0.2) is 12.8 Å². The molecular weight excluding hydrogens is 451 g/mol. The van der Waals surface area contributed by atoms with Gasteiger partial charge in [0.25, 0.3) is 5.91 Å². The average molecular weight is 475 g/mol. The number of hydrogen-bond acceptors (Lipinski definition) is 3. The third-order valence-corrected chi connectivity index (χ3v) is 7.82. The zero-order valence-corrected chi connectivity index (χ0v) is 19.2. The van der Waals surface area contributed by atoms with Crippen molar-refractivity contribution in [3.05, 3.63) is 108 Å². The van der Waals surface area contributed by atoms with Crippen molar-refractivity contribution in [3.8, 4) is 0 Å². The summed E-state index contributed by atoms with van der Waals surface area (Å²) in [5.41, 5.74) is 3.94. The van der Waals surface area contributed by atoms with Gasteiger partial charge >= 0.3 is 0 Å². The Bertz CT molecular complexity index is 1510. The Balaban J connectivity index is 1.31. The molecule has 34 heavy (non-hydrogen) atoms. The van der Waals surface area contributed by atoms with Crippen molar-refractivity contribution in [1.82, 2.24) is 9.88 Å². The van der Waals surface area contributed by atoms with Crippen LogP contribution in [0.4, 0.5) is 4.39 Å². The van der Waals surface area contributed by atoms with Gasteiger partial charge < -0.3 is 9.88 Å². The molecule has 0 bridgehead atoms. The smallest absolute Gasteiger partial charge is 0.254 e. The third kappa shape index (κ3) is 4.39. The van der Waals surface area contributed by atoms with Crippen LogP contribution < -0.4 is 0 Å². The summed E-state index contributed by atoms with van der Waals surface area (Å²) < 4.78 is 38.9. The molecule has 0 saturated heterocycles. The molecule has 0 unspecified atom stereocenters. The molecule has 4 aromatic rings. The molecule has 1 N–H and O–H groups in total. The number of fused-ring (bicyclic) bond motifs is 1. The number of carbonyl (C=O) groups excluding carboxylic acids is 1. The van der Waals surface area contributed by atoms with E-state index in [-0.39, 0.29) is 22.4 Å². The molecule has 0 spiro atoms. The minimum Gasteiger partial charge on any atom is -0.360 e. The Kier molecular flexibility index (Phi) is 5.79. The standard InChI is InChI=1S/C27H23FN2O3S/c28-22-9-10-24-25(17-29-26(24)16-22)20-11-13-30(14-12-20)27(31)21-6-4-5-19(15-21)18-34(32,33)23-7-2-1-3-8-23/h1-11,15-17,29H,12-14,18H2. The maximum atomic E-state index is 13.5. The molecule has 1 aromatic heterocycles. The van der Waals surface area contributed by atoms with Crippen molar-refractivity contribution in [2.45, 2.75) is 17.1 Å². The number of amides is 1. The highest BCUT2D eigenvalue weighted by molar-refractivity contribution is 7.90. The molecule has 1 amide bonds. The molecule has 0 radical (unpaired) electrons. The second kappa shape index (κ2) is 8.91. The SMILES string of the molecule is O=C(c1cccc(CS(=O)(=O)c2ccccc2)c1)N1CC=C(c2c[nH]c3cc(F)ccc23)CC1. The van der Waals surface area contributed by atoms with Crippen LogP contribution in [-0.4, -0.2) is 37.3 Å². The van der Waals surface area contributed by atoms with Crippen molar-refractivity contribution in [2.24, 2.45) is 0 Å². The summed E-state index contributed by atoms with van der Waals surface area (Å²) in [7, 11) is -3.49. The van der Waals surface area contributed by atoms with Crippen LogP contribution >= 0.6 is 0 Å². The number of halogens is 1. The average Bonchev–Trinajstić information content (AvgIpc) is 3.27. The molecule has 172 valence electrons. The van der Waals surface area contributed by atoms with Gasteiger partial charge in [0.15, 0.2) is 9.84 Å². The maximum Gasteiger partial charge on any atom is 0.254 e. The Labute approximate surface area is 197 Å². The Hall–Kier alpha value is -3.71. The molecule has 1 aliphatic heterocycles. The first-order valence-corrected chi connectivity index (χ1v) is 12.7. The quantitative estimate of drug-likeness (QED) is 0.432. The topological polar surface area (TPSA) is 70.2 Å². The van der Waals surface area contributed by atoms with Gasteiger partial charge in [-0.1, -0.05) is 36.4 Å². The van der Waals surface area contributed by atoms with Crippen LogP contribution in [0.25, 0.3) is 16.5 Å². The van der Waals surface area contributed by atoms with Gasteiger partial charge in [0.05, 0.1) is 10.6 Å². The Morgan fingerprint density at radius 1 is 1.00 bits per heavy atom. The maximum absolute atomic E-state index is 13.5. The van der Waals surface area contributed by atoms with E-state index in [0.29, 0.717) is 30.6 Å². The van der Waals surface area contributed by atoms with Crippen LogP contribution in [0.3, 0.4) is 0 Å². The van der Waals surface area contributed by atoms with Crippen molar-refractivity contribution in [1.29, 1.82) is 0 Å².